The van der Waals surface area contributed by atoms with Crippen LogP contribution in [0.5, 0.6) is 0 Å². The van der Waals surface area contributed by atoms with E-state index in [2.05, 4.69) is 0 Å². The normalized spacial score (nSPS) is 11.3. The third-order valence-corrected chi connectivity index (χ3v) is 3.15. The number of thiocarbonyl (C=S) groups is 1. The third kappa shape index (κ3) is 2.42. The summed E-state index contributed by atoms with van der Waals surface area (Å²) in [5, 5.41) is 4.92. The van der Waals surface area contributed by atoms with Gasteiger partial charge in [0.25, 0.3) is 0 Å². The van der Waals surface area contributed by atoms with Crippen molar-refractivity contribution in [2.45, 2.75) is 4.90 Å². The van der Waals surface area contributed by atoms with Gasteiger partial charge in [-0.3, -0.25) is 0 Å². The van der Waals surface area contributed by atoms with Gasteiger partial charge >= 0.3 is 0 Å². The van der Waals surface area contributed by atoms with Gasteiger partial charge in [-0.15, -0.1) is 0 Å². The molecule has 0 atom stereocenters. The molecule has 0 radical (unpaired) electrons. The first-order valence-electron chi connectivity index (χ1n) is 3.44. The second-order valence-electron chi connectivity index (χ2n) is 2.55. The van der Waals surface area contributed by atoms with Gasteiger partial charge in [0.05, 0.1) is 5.02 Å². The van der Waals surface area contributed by atoms with Crippen molar-refractivity contribution in [3.63, 3.8) is 0 Å². The summed E-state index contributed by atoms with van der Waals surface area (Å²) in [6.45, 7) is 0. The molecule has 0 aromatic heterocycles. The summed E-state index contributed by atoms with van der Waals surface area (Å²) in [4.78, 5) is 0.00651. The molecule has 7 heteroatoms. The molecule has 0 saturated heterocycles. The van der Waals surface area contributed by atoms with E-state index in [1.807, 2.05) is 0 Å². The van der Waals surface area contributed by atoms with Crippen molar-refractivity contribution < 1.29 is 8.42 Å². The van der Waals surface area contributed by atoms with Gasteiger partial charge in [-0.05, 0) is 12.1 Å². The van der Waals surface area contributed by atoms with Crippen LogP contribution in [0.15, 0.2) is 23.1 Å². The second-order valence-corrected chi connectivity index (χ2v) is 4.93. The van der Waals surface area contributed by atoms with Gasteiger partial charge in [0, 0.05) is 5.56 Å². The van der Waals surface area contributed by atoms with E-state index in [0.29, 0.717) is 5.56 Å². The Kier molecular flexibility index (Phi) is 3.10. The molecule has 0 unspecified atom stereocenters. The molecule has 1 aromatic carbocycles. The lowest BCUT2D eigenvalue weighted by Crippen LogP contribution is -2.14. The first-order valence-corrected chi connectivity index (χ1v) is 5.78. The summed E-state index contributed by atoms with van der Waals surface area (Å²) >= 11 is 10.4. The van der Waals surface area contributed by atoms with Crippen LogP contribution in [0.25, 0.3) is 0 Å². The number of primary sulfonamides is 1. The average Bonchev–Trinajstić information content (AvgIpc) is 2.01. The first-order chi connectivity index (χ1) is 6.32. The average molecular weight is 251 g/mol. The molecule has 0 aliphatic rings. The summed E-state index contributed by atoms with van der Waals surface area (Å²) in [5.74, 6) is 0. The van der Waals surface area contributed by atoms with Gasteiger partial charge in [0.15, 0.2) is 0 Å². The minimum absolute atomic E-state index is 0.0119. The van der Waals surface area contributed by atoms with Crippen LogP contribution in [0.3, 0.4) is 0 Å². The topological polar surface area (TPSA) is 86.2 Å². The molecule has 1 aromatic rings. The fraction of sp³-hybridized carbons (Fsp3) is 0. The monoisotopic (exact) mass is 250 g/mol. The van der Waals surface area contributed by atoms with Crippen LogP contribution in [0.1, 0.15) is 5.56 Å². The highest BCUT2D eigenvalue weighted by Gasteiger charge is 2.13. The highest BCUT2D eigenvalue weighted by Crippen LogP contribution is 2.21. The lowest BCUT2D eigenvalue weighted by Gasteiger charge is -2.03. The van der Waals surface area contributed by atoms with Crippen LogP contribution >= 0.6 is 23.8 Å². The van der Waals surface area contributed by atoms with E-state index >= 15 is 0 Å². The van der Waals surface area contributed by atoms with Gasteiger partial charge in [-0.25, -0.2) is 13.6 Å². The van der Waals surface area contributed by atoms with Crippen molar-refractivity contribution in [1.82, 2.24) is 0 Å². The lowest BCUT2D eigenvalue weighted by atomic mass is 10.2. The Labute approximate surface area is 91.9 Å². The predicted molar refractivity (Wildman–Crippen MR) is 58.7 cm³/mol. The Balaban J connectivity index is 3.35. The Morgan fingerprint density at radius 2 is 2.00 bits per heavy atom. The van der Waals surface area contributed by atoms with Crippen molar-refractivity contribution >= 4 is 38.8 Å². The number of hydrogen-bond acceptors (Lipinski definition) is 3. The van der Waals surface area contributed by atoms with Crippen molar-refractivity contribution in [3.8, 4) is 0 Å². The van der Waals surface area contributed by atoms with Crippen molar-refractivity contribution in [2.24, 2.45) is 10.9 Å². The Morgan fingerprint density at radius 3 is 2.36 bits per heavy atom. The van der Waals surface area contributed by atoms with E-state index in [-0.39, 0.29) is 14.9 Å². The molecule has 14 heavy (non-hydrogen) atoms. The van der Waals surface area contributed by atoms with E-state index in [9.17, 15) is 8.42 Å². The van der Waals surface area contributed by atoms with E-state index in [1.54, 1.807) is 0 Å². The van der Waals surface area contributed by atoms with Gasteiger partial charge in [0.2, 0.25) is 10.0 Å². The molecular weight excluding hydrogens is 244 g/mol. The predicted octanol–water partition coefficient (Wildman–Crippen LogP) is 0.622. The quantitative estimate of drug-likeness (QED) is 0.754. The molecule has 0 spiro atoms. The number of hydrogen-bond donors (Lipinski definition) is 2. The minimum Gasteiger partial charge on any atom is -0.389 e. The van der Waals surface area contributed by atoms with Crippen LogP contribution in [-0.4, -0.2) is 13.4 Å². The standard InChI is InChI=1S/C7H7ClN2O2S2/c8-5-3-4(7(9)13)1-2-6(5)14(10,11)12/h1-3H,(H2,9,13)(H2,10,11,12). The third-order valence-electron chi connectivity index (χ3n) is 1.52. The largest absolute Gasteiger partial charge is 0.389 e. The molecular formula is C7H7ClN2O2S2. The van der Waals surface area contributed by atoms with Gasteiger partial charge in [0.1, 0.15) is 9.88 Å². The zero-order valence-corrected chi connectivity index (χ0v) is 9.29. The maximum Gasteiger partial charge on any atom is 0.239 e. The Morgan fingerprint density at radius 1 is 1.43 bits per heavy atom. The molecule has 0 heterocycles. The van der Waals surface area contributed by atoms with Gasteiger partial charge < -0.3 is 5.73 Å². The van der Waals surface area contributed by atoms with Crippen LogP contribution in [-0.2, 0) is 10.0 Å². The second kappa shape index (κ2) is 3.82. The van der Waals surface area contributed by atoms with E-state index in [1.165, 1.54) is 18.2 Å². The molecule has 0 aliphatic heterocycles. The molecule has 0 amide bonds. The summed E-state index contributed by atoms with van der Waals surface area (Å²) in [7, 11) is -3.79. The molecule has 0 bridgehead atoms. The molecule has 0 aliphatic carbocycles. The summed E-state index contributed by atoms with van der Waals surface area (Å²) in [6, 6.07) is 4.09. The number of sulfonamides is 1. The number of halogens is 1. The first kappa shape index (κ1) is 11.4. The van der Waals surface area contributed by atoms with Crippen LogP contribution in [0.2, 0.25) is 5.02 Å². The number of nitrogens with two attached hydrogens (primary N) is 2. The summed E-state index contributed by atoms with van der Waals surface area (Å²) in [6.07, 6.45) is 0. The number of rotatable bonds is 2. The highest BCUT2D eigenvalue weighted by atomic mass is 35.5. The zero-order valence-electron chi connectivity index (χ0n) is 6.90. The molecule has 0 fully saturated rings. The Bertz CT molecular complexity index is 484. The smallest absolute Gasteiger partial charge is 0.239 e. The fourth-order valence-electron chi connectivity index (χ4n) is 0.885. The minimum atomic E-state index is -3.79. The van der Waals surface area contributed by atoms with Gasteiger partial charge in [-0.2, -0.15) is 0 Å². The summed E-state index contributed by atoms with van der Waals surface area (Å²) in [5.41, 5.74) is 5.83. The molecule has 1 rings (SSSR count). The van der Waals surface area contributed by atoms with E-state index in [4.69, 9.17) is 34.7 Å². The van der Waals surface area contributed by atoms with Crippen molar-refractivity contribution in [1.29, 1.82) is 0 Å². The maximum absolute atomic E-state index is 11.0. The van der Waals surface area contributed by atoms with Gasteiger partial charge in [-0.1, -0.05) is 29.9 Å². The van der Waals surface area contributed by atoms with Crippen LogP contribution < -0.4 is 10.9 Å². The SMILES string of the molecule is NC(=S)c1ccc(S(N)(=O)=O)c(Cl)c1. The molecule has 4 nitrogen and oxygen atoms in total. The molecule has 0 saturated carbocycles. The lowest BCUT2D eigenvalue weighted by molar-refractivity contribution is 0.598. The maximum atomic E-state index is 11.0. The van der Waals surface area contributed by atoms with Crippen molar-refractivity contribution in [3.05, 3.63) is 28.8 Å². The van der Waals surface area contributed by atoms with Crippen molar-refractivity contribution in [2.75, 3.05) is 0 Å². The zero-order chi connectivity index (χ0) is 10.9. The fourth-order valence-corrected chi connectivity index (χ4v) is 2.10. The van der Waals surface area contributed by atoms with Crippen LogP contribution in [0, 0.1) is 0 Å². The molecule has 4 N–H and O–H groups in total. The number of benzene rings is 1. The van der Waals surface area contributed by atoms with E-state index < -0.39 is 10.0 Å². The Hall–Kier alpha value is -0.690. The van der Waals surface area contributed by atoms with E-state index in [0.717, 1.165) is 0 Å². The summed E-state index contributed by atoms with van der Waals surface area (Å²) < 4.78 is 21.9. The highest BCUT2D eigenvalue weighted by molar-refractivity contribution is 7.89. The van der Waals surface area contributed by atoms with Crippen LogP contribution in [0.4, 0.5) is 0 Å². The molecule has 76 valence electrons.